The third-order valence-corrected chi connectivity index (χ3v) is 5.44. The van der Waals surface area contributed by atoms with Crippen molar-refractivity contribution in [2.75, 3.05) is 46.5 Å². The van der Waals surface area contributed by atoms with Crippen molar-refractivity contribution in [2.24, 2.45) is 0 Å². The van der Waals surface area contributed by atoms with Crippen LogP contribution in [0.1, 0.15) is 31.8 Å². The Morgan fingerprint density at radius 3 is 2.55 bits per heavy atom. The van der Waals surface area contributed by atoms with E-state index in [1.807, 2.05) is 19.1 Å². The van der Waals surface area contributed by atoms with Gasteiger partial charge in [0.25, 0.3) is 11.8 Å². The van der Waals surface area contributed by atoms with Crippen LogP contribution in [0.5, 0.6) is 0 Å². The van der Waals surface area contributed by atoms with Gasteiger partial charge in [0.1, 0.15) is 0 Å². The first-order valence-electron chi connectivity index (χ1n) is 10.6. The van der Waals surface area contributed by atoms with Crippen LogP contribution in [0.4, 0.5) is 13.2 Å². The van der Waals surface area contributed by atoms with Gasteiger partial charge in [-0.1, -0.05) is 23.8 Å². The average Bonchev–Trinajstić information content (AvgIpc) is 2.81. The van der Waals surface area contributed by atoms with Crippen LogP contribution in [-0.2, 0) is 15.7 Å². The molecule has 2 amide bonds. The lowest BCUT2D eigenvalue weighted by Gasteiger charge is -2.36. The van der Waals surface area contributed by atoms with Gasteiger partial charge < -0.3 is 19.3 Å². The molecule has 0 bridgehead atoms. The molecule has 1 atom stereocenters. The summed E-state index contributed by atoms with van der Waals surface area (Å²) in [5, 5.41) is 0. The molecule has 0 saturated carbocycles. The fourth-order valence-electron chi connectivity index (χ4n) is 3.63. The van der Waals surface area contributed by atoms with Crippen LogP contribution in [0.25, 0.3) is 0 Å². The number of methoxy groups -OCH3 is 1. The number of hydrogen-bond acceptors (Lipinski definition) is 4. The van der Waals surface area contributed by atoms with E-state index in [0.717, 1.165) is 17.7 Å². The second kappa shape index (κ2) is 10.8. The Hall–Kier alpha value is -2.91. The van der Waals surface area contributed by atoms with Gasteiger partial charge >= 0.3 is 6.18 Å². The monoisotopic (exact) mass is 464 g/mol. The van der Waals surface area contributed by atoms with Crippen molar-refractivity contribution >= 4 is 11.8 Å². The number of ether oxygens (including phenoxy) is 2. The van der Waals surface area contributed by atoms with Crippen LogP contribution in [-0.4, -0.2) is 74.2 Å². The molecule has 6 nitrogen and oxygen atoms in total. The third-order valence-electron chi connectivity index (χ3n) is 5.44. The highest BCUT2D eigenvalue weighted by Crippen LogP contribution is 2.29. The third kappa shape index (κ3) is 6.55. The molecule has 1 saturated heterocycles. The van der Waals surface area contributed by atoms with E-state index in [0.29, 0.717) is 18.7 Å². The number of hydrogen-bond donors (Lipinski definition) is 0. The quantitative estimate of drug-likeness (QED) is 0.628. The summed E-state index contributed by atoms with van der Waals surface area (Å²) in [6.07, 6.45) is -5.02. The Kier molecular flexibility index (Phi) is 8.10. The summed E-state index contributed by atoms with van der Waals surface area (Å²) in [6, 6.07) is 11.6. The van der Waals surface area contributed by atoms with Gasteiger partial charge in [-0.25, -0.2) is 0 Å². The van der Waals surface area contributed by atoms with Crippen LogP contribution >= 0.6 is 0 Å². The van der Waals surface area contributed by atoms with E-state index in [4.69, 9.17) is 9.47 Å². The second-order valence-electron chi connectivity index (χ2n) is 7.93. The fraction of sp³-hybridized carbons (Fsp3) is 0.417. The molecule has 9 heteroatoms. The highest BCUT2D eigenvalue weighted by molar-refractivity contribution is 5.95. The number of morpholine rings is 1. The van der Waals surface area contributed by atoms with Crippen LogP contribution < -0.4 is 0 Å². The summed E-state index contributed by atoms with van der Waals surface area (Å²) >= 11 is 0. The van der Waals surface area contributed by atoms with E-state index in [1.54, 1.807) is 17.0 Å². The van der Waals surface area contributed by atoms with E-state index in [2.05, 4.69) is 0 Å². The number of benzene rings is 2. The smallest absolute Gasteiger partial charge is 0.383 e. The molecule has 2 aromatic rings. The Morgan fingerprint density at radius 2 is 1.88 bits per heavy atom. The van der Waals surface area contributed by atoms with Crippen molar-refractivity contribution in [3.8, 4) is 0 Å². The molecule has 1 fully saturated rings. The second-order valence-corrected chi connectivity index (χ2v) is 7.93. The van der Waals surface area contributed by atoms with E-state index in [1.165, 1.54) is 24.1 Å². The number of rotatable bonds is 7. The molecule has 0 aromatic heterocycles. The minimum atomic E-state index is -4.54. The standard InChI is InChI=1S/C24H27F3N2O4/c1-17-6-8-18(9-7-17)22(30)29-11-13-33-21(16-29)15-28(10-12-32-2)23(31)19-4-3-5-20(14-19)24(25,26)27/h3-9,14,21H,10-13,15-16H2,1-2H3/t21-/m0/s1. The normalized spacial score (nSPS) is 16.5. The SMILES string of the molecule is COCCN(C[C@H]1CN(C(=O)c2ccc(C)cc2)CCO1)C(=O)c1cccc(C(F)(F)F)c1. The summed E-state index contributed by atoms with van der Waals surface area (Å²) < 4.78 is 50.1. The molecule has 2 aromatic carbocycles. The number of aryl methyl sites for hydroxylation is 1. The molecule has 0 radical (unpaired) electrons. The highest BCUT2D eigenvalue weighted by Gasteiger charge is 2.32. The lowest BCUT2D eigenvalue weighted by atomic mass is 10.1. The largest absolute Gasteiger partial charge is 0.416 e. The molecule has 1 aliphatic rings. The van der Waals surface area contributed by atoms with E-state index in [9.17, 15) is 22.8 Å². The van der Waals surface area contributed by atoms with Gasteiger partial charge in [-0.05, 0) is 37.3 Å². The van der Waals surface area contributed by atoms with Gasteiger partial charge in [0.2, 0.25) is 0 Å². The zero-order chi connectivity index (χ0) is 24.0. The summed E-state index contributed by atoms with van der Waals surface area (Å²) in [6.45, 7) is 3.44. The molecule has 0 N–H and O–H groups in total. The predicted octanol–water partition coefficient (Wildman–Crippen LogP) is 3.64. The topological polar surface area (TPSA) is 59.1 Å². The Bertz CT molecular complexity index is 963. The molecule has 178 valence electrons. The first-order valence-corrected chi connectivity index (χ1v) is 10.6. The Morgan fingerprint density at radius 1 is 1.15 bits per heavy atom. The van der Waals surface area contributed by atoms with Crippen molar-refractivity contribution in [1.29, 1.82) is 0 Å². The number of carbonyl (C=O) groups excluding carboxylic acids is 2. The van der Waals surface area contributed by atoms with Crippen molar-refractivity contribution in [1.82, 2.24) is 9.80 Å². The number of alkyl halides is 3. The van der Waals surface area contributed by atoms with Gasteiger partial charge in [-0.3, -0.25) is 9.59 Å². The molecule has 0 unspecified atom stereocenters. The summed E-state index contributed by atoms with van der Waals surface area (Å²) in [5.41, 5.74) is 0.666. The maximum atomic E-state index is 13.1. The van der Waals surface area contributed by atoms with E-state index in [-0.39, 0.29) is 37.7 Å². The maximum Gasteiger partial charge on any atom is 0.416 e. The zero-order valence-electron chi connectivity index (χ0n) is 18.6. The van der Waals surface area contributed by atoms with Crippen LogP contribution in [0.3, 0.4) is 0 Å². The molecular weight excluding hydrogens is 437 g/mol. The number of halogens is 3. The van der Waals surface area contributed by atoms with Crippen molar-refractivity contribution in [2.45, 2.75) is 19.2 Å². The molecule has 3 rings (SSSR count). The minimum Gasteiger partial charge on any atom is -0.383 e. The molecule has 0 aliphatic carbocycles. The highest BCUT2D eigenvalue weighted by atomic mass is 19.4. The van der Waals surface area contributed by atoms with Gasteiger partial charge in [0.05, 0.1) is 24.9 Å². The molecule has 1 heterocycles. The van der Waals surface area contributed by atoms with Gasteiger partial charge in [-0.2, -0.15) is 13.2 Å². The summed E-state index contributed by atoms with van der Waals surface area (Å²) in [7, 11) is 1.48. The van der Waals surface area contributed by atoms with Gasteiger partial charge in [-0.15, -0.1) is 0 Å². The Balaban J connectivity index is 1.72. The molecule has 0 spiro atoms. The predicted molar refractivity (Wildman–Crippen MR) is 116 cm³/mol. The average molecular weight is 464 g/mol. The molecular formula is C24H27F3N2O4. The van der Waals surface area contributed by atoms with Crippen molar-refractivity contribution in [3.05, 3.63) is 70.8 Å². The van der Waals surface area contributed by atoms with Gasteiger partial charge in [0.15, 0.2) is 0 Å². The van der Waals surface area contributed by atoms with Crippen LogP contribution in [0, 0.1) is 6.92 Å². The number of nitrogens with zero attached hydrogens (tertiary/aromatic N) is 2. The van der Waals surface area contributed by atoms with E-state index >= 15 is 0 Å². The number of carbonyl (C=O) groups is 2. The maximum absolute atomic E-state index is 13.1. The Labute approximate surface area is 190 Å². The summed E-state index contributed by atoms with van der Waals surface area (Å²) in [4.78, 5) is 29.0. The molecule has 1 aliphatic heterocycles. The number of amides is 2. The van der Waals surface area contributed by atoms with Crippen LogP contribution in [0.2, 0.25) is 0 Å². The van der Waals surface area contributed by atoms with Crippen LogP contribution in [0.15, 0.2) is 48.5 Å². The first-order chi connectivity index (χ1) is 15.7. The van der Waals surface area contributed by atoms with Gasteiger partial charge in [0, 0.05) is 44.4 Å². The van der Waals surface area contributed by atoms with Crippen molar-refractivity contribution in [3.63, 3.8) is 0 Å². The zero-order valence-corrected chi connectivity index (χ0v) is 18.6. The van der Waals surface area contributed by atoms with E-state index < -0.39 is 23.8 Å². The first kappa shape index (κ1) is 24.7. The fourth-order valence-corrected chi connectivity index (χ4v) is 3.63. The molecule has 33 heavy (non-hydrogen) atoms. The minimum absolute atomic E-state index is 0.0654. The van der Waals surface area contributed by atoms with Crippen molar-refractivity contribution < 1.29 is 32.2 Å². The lowest BCUT2D eigenvalue weighted by Crippen LogP contribution is -2.51. The summed E-state index contributed by atoms with van der Waals surface area (Å²) in [5.74, 6) is -0.681. The lowest BCUT2D eigenvalue weighted by molar-refractivity contribution is -0.137.